The van der Waals surface area contributed by atoms with Gasteiger partial charge in [0.2, 0.25) is 0 Å². The Kier molecular flexibility index (Phi) is 11.7. The number of aromatic nitrogens is 1. The van der Waals surface area contributed by atoms with Gasteiger partial charge in [0, 0.05) is 54.5 Å². The Morgan fingerprint density at radius 2 is 1.54 bits per heavy atom. The molecule has 0 spiro atoms. The van der Waals surface area contributed by atoms with Crippen molar-refractivity contribution in [1.29, 1.82) is 0 Å². The smallest absolute Gasteiger partial charge is 0.258 e. The van der Waals surface area contributed by atoms with Crippen LogP contribution in [0.3, 0.4) is 0 Å². The molecule has 0 bridgehead atoms. The van der Waals surface area contributed by atoms with Gasteiger partial charge in [0.1, 0.15) is 0 Å². The van der Waals surface area contributed by atoms with Gasteiger partial charge >= 0.3 is 0 Å². The van der Waals surface area contributed by atoms with E-state index in [0.717, 1.165) is 54.0 Å². The van der Waals surface area contributed by atoms with Gasteiger partial charge in [-0.05, 0) is 128 Å². The molecule has 1 saturated heterocycles. The van der Waals surface area contributed by atoms with Crippen LogP contribution in [-0.2, 0) is 4.74 Å². The molecule has 2 aliphatic heterocycles. The SMILES string of the molecule is CCC1(CC)CCOCC1.Cc1cnc(C)c(C(=O)Nc2ccc(C(=O)N3CCC(c4ccc(C(=O)NC5CC5)cc4)=Cc4ccccc43)cc2)c1. The van der Waals surface area contributed by atoms with Crippen molar-refractivity contribution >= 4 is 40.7 Å². The molecule has 8 nitrogen and oxygen atoms in total. The highest BCUT2D eigenvalue weighted by Crippen LogP contribution is 2.37. The molecular weight excluding hydrogens is 649 g/mol. The van der Waals surface area contributed by atoms with Gasteiger partial charge in [-0.2, -0.15) is 0 Å². The molecule has 3 amide bonds. The van der Waals surface area contributed by atoms with Crippen LogP contribution in [0.5, 0.6) is 0 Å². The van der Waals surface area contributed by atoms with Crippen LogP contribution in [0, 0.1) is 19.3 Å². The summed E-state index contributed by atoms with van der Waals surface area (Å²) in [5, 5.41) is 5.94. The number of nitrogens with one attached hydrogen (secondary N) is 2. The Hall–Kier alpha value is -5.08. The standard InChI is InChI=1S/C35H32N4O3.C9H18O/c1-22-19-31(23(2)36-21-22)34(41)38-29-13-11-26(12-14-29)35(42)39-18-17-27(20-28-5-3-4-6-32(28)39)24-7-9-25(10-8-24)33(40)37-30-15-16-30;1-3-9(4-2)5-7-10-8-6-9/h3-14,19-21,30H,15-18H2,1-2H3,(H,37,40)(H,38,41);3-8H2,1-2H3. The van der Waals surface area contributed by atoms with Crippen LogP contribution >= 0.6 is 0 Å². The molecule has 0 radical (unpaired) electrons. The lowest BCUT2D eigenvalue weighted by atomic mass is 9.76. The number of fused-ring (bicyclic) bond motifs is 1. The van der Waals surface area contributed by atoms with Crippen LogP contribution in [0.1, 0.15) is 112 Å². The van der Waals surface area contributed by atoms with E-state index in [-0.39, 0.29) is 17.7 Å². The van der Waals surface area contributed by atoms with Crippen LogP contribution in [0.2, 0.25) is 0 Å². The van der Waals surface area contributed by atoms with Crippen LogP contribution in [0.4, 0.5) is 11.4 Å². The molecule has 52 heavy (non-hydrogen) atoms. The number of ether oxygens (including phenoxy) is 1. The predicted molar refractivity (Wildman–Crippen MR) is 209 cm³/mol. The fourth-order valence-corrected chi connectivity index (χ4v) is 6.92. The van der Waals surface area contributed by atoms with Crippen LogP contribution in [0.15, 0.2) is 85.1 Å². The van der Waals surface area contributed by atoms with Gasteiger partial charge in [-0.15, -0.1) is 0 Å². The average molecular weight is 699 g/mol. The highest BCUT2D eigenvalue weighted by atomic mass is 16.5. The van der Waals surface area contributed by atoms with Crippen LogP contribution < -0.4 is 15.5 Å². The maximum Gasteiger partial charge on any atom is 0.258 e. The third kappa shape index (κ3) is 8.86. The number of hydrogen-bond acceptors (Lipinski definition) is 5. The highest BCUT2D eigenvalue weighted by molar-refractivity contribution is 6.09. The van der Waals surface area contributed by atoms with Crippen molar-refractivity contribution in [2.75, 3.05) is 30.0 Å². The summed E-state index contributed by atoms with van der Waals surface area (Å²) in [5.41, 5.74) is 8.46. The van der Waals surface area contributed by atoms with E-state index in [2.05, 4.69) is 35.5 Å². The number of hydrogen-bond donors (Lipinski definition) is 2. The molecule has 2 N–H and O–H groups in total. The zero-order valence-electron chi connectivity index (χ0n) is 30.8. The van der Waals surface area contributed by atoms with Gasteiger partial charge in [0.15, 0.2) is 0 Å². The lowest BCUT2D eigenvalue weighted by Gasteiger charge is -2.35. The summed E-state index contributed by atoms with van der Waals surface area (Å²) in [6, 6.07) is 24.7. The number of carbonyl (C=O) groups is 3. The Morgan fingerprint density at radius 1 is 0.865 bits per heavy atom. The molecule has 270 valence electrons. The second kappa shape index (κ2) is 16.5. The predicted octanol–water partition coefficient (Wildman–Crippen LogP) is 9.04. The molecule has 7 rings (SSSR count). The Balaban J connectivity index is 0.000000402. The van der Waals surface area contributed by atoms with Gasteiger partial charge in [0.25, 0.3) is 17.7 Å². The number of aryl methyl sites for hydroxylation is 2. The Labute approximate surface area is 307 Å². The first-order chi connectivity index (χ1) is 25.2. The maximum atomic E-state index is 13.8. The van der Waals surface area contributed by atoms with Gasteiger partial charge in [0.05, 0.1) is 11.3 Å². The first kappa shape index (κ1) is 36.7. The van der Waals surface area contributed by atoms with E-state index >= 15 is 0 Å². The minimum Gasteiger partial charge on any atom is -0.381 e. The molecule has 2 fully saturated rings. The Morgan fingerprint density at radius 3 is 2.19 bits per heavy atom. The van der Waals surface area contributed by atoms with E-state index in [1.54, 1.807) is 37.4 Å². The number of rotatable bonds is 8. The van der Waals surface area contributed by atoms with Gasteiger partial charge < -0.3 is 20.3 Å². The molecule has 3 aromatic carbocycles. The number of benzene rings is 3. The largest absolute Gasteiger partial charge is 0.381 e. The van der Waals surface area contributed by atoms with E-state index < -0.39 is 0 Å². The zero-order valence-corrected chi connectivity index (χ0v) is 30.8. The quantitative estimate of drug-likeness (QED) is 0.191. The fourth-order valence-electron chi connectivity index (χ4n) is 6.92. The summed E-state index contributed by atoms with van der Waals surface area (Å²) in [4.78, 5) is 45.1. The minimum absolute atomic E-state index is 0.0334. The van der Waals surface area contributed by atoms with E-state index in [1.807, 2.05) is 66.4 Å². The molecule has 1 saturated carbocycles. The number of nitrogens with zero attached hydrogens (tertiary/aromatic N) is 2. The number of para-hydroxylation sites is 1. The second-order valence-corrected chi connectivity index (χ2v) is 14.3. The summed E-state index contributed by atoms with van der Waals surface area (Å²) in [6.07, 6.45) is 11.8. The monoisotopic (exact) mass is 698 g/mol. The third-order valence-corrected chi connectivity index (χ3v) is 10.7. The van der Waals surface area contributed by atoms with Crippen molar-refractivity contribution in [3.63, 3.8) is 0 Å². The third-order valence-electron chi connectivity index (χ3n) is 10.7. The number of carbonyl (C=O) groups excluding carboxylic acids is 3. The van der Waals surface area contributed by atoms with E-state index in [1.165, 1.54) is 25.7 Å². The average Bonchev–Trinajstić information content (AvgIpc) is 4.02. The summed E-state index contributed by atoms with van der Waals surface area (Å²) in [6.45, 7) is 10.8. The van der Waals surface area contributed by atoms with Crippen LogP contribution in [-0.4, -0.2) is 48.5 Å². The van der Waals surface area contributed by atoms with Crippen molar-refractivity contribution in [1.82, 2.24) is 10.3 Å². The molecule has 1 aliphatic carbocycles. The highest BCUT2D eigenvalue weighted by Gasteiger charge is 2.28. The molecule has 8 heteroatoms. The summed E-state index contributed by atoms with van der Waals surface area (Å²) >= 11 is 0. The Bertz CT molecular complexity index is 1920. The normalized spacial score (nSPS) is 16.3. The lowest BCUT2D eigenvalue weighted by molar-refractivity contribution is 0.0105. The lowest BCUT2D eigenvalue weighted by Crippen LogP contribution is -2.32. The molecular formula is C44H50N4O4. The van der Waals surface area contributed by atoms with Crippen molar-refractivity contribution in [3.8, 4) is 0 Å². The van der Waals surface area contributed by atoms with E-state index in [4.69, 9.17) is 4.74 Å². The first-order valence-corrected chi connectivity index (χ1v) is 18.6. The second-order valence-electron chi connectivity index (χ2n) is 14.3. The molecule has 0 atom stereocenters. The van der Waals surface area contributed by atoms with Crippen LogP contribution in [0.25, 0.3) is 11.6 Å². The number of amides is 3. The molecule has 3 heterocycles. The first-order valence-electron chi connectivity index (χ1n) is 18.6. The number of pyridine rings is 1. The topological polar surface area (TPSA) is 101 Å². The van der Waals surface area contributed by atoms with E-state index in [9.17, 15) is 14.4 Å². The summed E-state index contributed by atoms with van der Waals surface area (Å²) in [7, 11) is 0. The van der Waals surface area contributed by atoms with Crippen molar-refractivity contribution in [3.05, 3.63) is 124 Å². The molecule has 0 unspecified atom stereocenters. The minimum atomic E-state index is -0.237. The zero-order chi connectivity index (χ0) is 36.7. The molecule has 4 aromatic rings. The summed E-state index contributed by atoms with van der Waals surface area (Å²) in [5.74, 6) is -0.380. The van der Waals surface area contributed by atoms with Gasteiger partial charge in [-0.1, -0.05) is 57.0 Å². The fraction of sp³-hybridized carbons (Fsp3) is 0.364. The molecule has 1 aromatic heterocycles. The number of anilines is 2. The van der Waals surface area contributed by atoms with Gasteiger partial charge in [-0.25, -0.2) is 0 Å². The summed E-state index contributed by atoms with van der Waals surface area (Å²) < 4.78 is 5.33. The van der Waals surface area contributed by atoms with E-state index in [0.29, 0.717) is 52.5 Å². The van der Waals surface area contributed by atoms with Gasteiger partial charge in [-0.3, -0.25) is 19.4 Å². The molecule has 3 aliphatic rings. The van der Waals surface area contributed by atoms with Crippen molar-refractivity contribution < 1.29 is 19.1 Å². The van der Waals surface area contributed by atoms with Crippen molar-refractivity contribution in [2.45, 2.75) is 78.7 Å². The van der Waals surface area contributed by atoms with Crippen molar-refractivity contribution in [2.24, 2.45) is 5.41 Å². The maximum absolute atomic E-state index is 13.8.